The number of nitrogens with one attached hydrogen (secondary N) is 2. The molecular weight excluding hydrogens is 410 g/mol. The van der Waals surface area contributed by atoms with Crippen molar-refractivity contribution < 1.29 is 14.3 Å². The van der Waals surface area contributed by atoms with Crippen molar-refractivity contribution in [2.75, 3.05) is 26.1 Å². The molecule has 1 heterocycles. The van der Waals surface area contributed by atoms with E-state index in [1.807, 2.05) is 47.8 Å². The molecule has 152 valence electrons. The largest absolute Gasteiger partial charge is 0.493 e. The molecule has 2 N–H and O–H groups in total. The number of halogens is 1. The van der Waals surface area contributed by atoms with Gasteiger partial charge in [-0.3, -0.25) is 4.79 Å². The molecule has 29 heavy (non-hydrogen) atoms. The Bertz CT molecular complexity index is 977. The van der Waals surface area contributed by atoms with Crippen molar-refractivity contribution >= 4 is 39.7 Å². The summed E-state index contributed by atoms with van der Waals surface area (Å²) in [6.07, 6.45) is 0.935. The van der Waals surface area contributed by atoms with Gasteiger partial charge in [-0.05, 0) is 42.3 Å². The van der Waals surface area contributed by atoms with Crippen LogP contribution < -0.4 is 20.1 Å². The Kier molecular flexibility index (Phi) is 7.32. The van der Waals surface area contributed by atoms with Gasteiger partial charge in [0.1, 0.15) is 0 Å². The second-order valence-corrected chi connectivity index (χ2v) is 7.54. The van der Waals surface area contributed by atoms with Gasteiger partial charge >= 0.3 is 0 Å². The quantitative estimate of drug-likeness (QED) is 0.523. The van der Waals surface area contributed by atoms with Crippen LogP contribution in [0.3, 0.4) is 0 Å². The zero-order valence-corrected chi connectivity index (χ0v) is 17.8. The average molecular weight is 432 g/mol. The van der Waals surface area contributed by atoms with E-state index in [1.54, 1.807) is 14.2 Å². The zero-order valence-electron chi connectivity index (χ0n) is 16.2. The SMILES string of the molecule is COc1ccc(CCNC(=O)Cc2csc(Nc3cccc(Cl)c3)n2)cc1OC. The number of nitrogens with zero attached hydrogens (tertiary/aromatic N) is 1. The lowest BCUT2D eigenvalue weighted by Gasteiger charge is -2.10. The van der Waals surface area contributed by atoms with Crippen LogP contribution in [-0.2, 0) is 17.6 Å². The molecule has 0 unspecified atom stereocenters. The third kappa shape index (κ3) is 6.10. The first-order valence-corrected chi connectivity index (χ1v) is 10.3. The number of benzene rings is 2. The first-order valence-electron chi connectivity index (χ1n) is 9.02. The Balaban J connectivity index is 1.47. The van der Waals surface area contributed by atoms with Gasteiger partial charge in [-0.1, -0.05) is 23.7 Å². The summed E-state index contributed by atoms with van der Waals surface area (Å²) in [7, 11) is 3.21. The highest BCUT2D eigenvalue weighted by atomic mass is 35.5. The number of methoxy groups -OCH3 is 2. The number of carbonyl (C=O) groups excluding carboxylic acids is 1. The van der Waals surface area contributed by atoms with E-state index < -0.39 is 0 Å². The van der Waals surface area contributed by atoms with Gasteiger partial charge in [-0.25, -0.2) is 4.98 Å². The van der Waals surface area contributed by atoms with Gasteiger partial charge < -0.3 is 20.1 Å². The van der Waals surface area contributed by atoms with Gasteiger partial charge in [0.25, 0.3) is 0 Å². The molecule has 0 atom stereocenters. The predicted molar refractivity (Wildman–Crippen MR) is 117 cm³/mol. The van der Waals surface area contributed by atoms with Gasteiger partial charge in [0.05, 0.1) is 26.3 Å². The van der Waals surface area contributed by atoms with E-state index in [9.17, 15) is 4.79 Å². The van der Waals surface area contributed by atoms with E-state index in [2.05, 4.69) is 15.6 Å². The fourth-order valence-electron chi connectivity index (χ4n) is 2.74. The Labute approximate surface area is 178 Å². The molecule has 1 amide bonds. The fourth-order valence-corrected chi connectivity index (χ4v) is 3.67. The summed E-state index contributed by atoms with van der Waals surface area (Å²) in [4.78, 5) is 16.7. The number of aromatic nitrogens is 1. The molecule has 0 aliphatic heterocycles. The number of hydrogen-bond acceptors (Lipinski definition) is 6. The molecule has 0 spiro atoms. The summed E-state index contributed by atoms with van der Waals surface area (Å²) >= 11 is 7.44. The minimum absolute atomic E-state index is 0.0647. The minimum Gasteiger partial charge on any atom is -0.493 e. The van der Waals surface area contributed by atoms with E-state index in [-0.39, 0.29) is 12.3 Å². The number of rotatable bonds is 9. The molecule has 8 heteroatoms. The highest BCUT2D eigenvalue weighted by Gasteiger charge is 2.09. The molecule has 0 bridgehead atoms. The van der Waals surface area contributed by atoms with E-state index in [0.29, 0.717) is 29.5 Å². The summed E-state index contributed by atoms with van der Waals surface area (Å²) in [5.74, 6) is 1.30. The van der Waals surface area contributed by atoms with Crippen LogP contribution in [0.4, 0.5) is 10.8 Å². The molecule has 0 saturated carbocycles. The predicted octanol–water partition coefficient (Wildman–Crippen LogP) is 4.46. The highest BCUT2D eigenvalue weighted by Crippen LogP contribution is 2.27. The Morgan fingerprint density at radius 2 is 1.97 bits per heavy atom. The van der Waals surface area contributed by atoms with Crippen LogP contribution in [0.15, 0.2) is 47.8 Å². The molecule has 0 fully saturated rings. The third-order valence-corrected chi connectivity index (χ3v) is 5.19. The summed E-state index contributed by atoms with van der Waals surface area (Å²) in [5.41, 5.74) is 2.64. The van der Waals surface area contributed by atoms with Gasteiger partial charge in [0.2, 0.25) is 5.91 Å². The molecule has 0 radical (unpaired) electrons. The van der Waals surface area contributed by atoms with E-state index in [1.165, 1.54) is 11.3 Å². The lowest BCUT2D eigenvalue weighted by atomic mass is 10.1. The molecular formula is C21H22ClN3O3S. The van der Waals surface area contributed by atoms with Crippen LogP contribution in [0.5, 0.6) is 11.5 Å². The highest BCUT2D eigenvalue weighted by molar-refractivity contribution is 7.13. The van der Waals surface area contributed by atoms with Crippen LogP contribution in [0, 0.1) is 0 Å². The number of ether oxygens (including phenoxy) is 2. The number of anilines is 2. The van der Waals surface area contributed by atoms with Gasteiger partial charge in [0, 0.05) is 22.6 Å². The molecule has 6 nitrogen and oxygen atoms in total. The van der Waals surface area contributed by atoms with Gasteiger partial charge in [-0.2, -0.15) is 0 Å². The second-order valence-electron chi connectivity index (χ2n) is 6.25. The average Bonchev–Trinajstić information content (AvgIpc) is 3.14. The first kappa shape index (κ1) is 21.0. The van der Waals surface area contributed by atoms with Gasteiger partial charge in [0.15, 0.2) is 16.6 Å². The lowest BCUT2D eigenvalue weighted by molar-refractivity contribution is -0.120. The maximum atomic E-state index is 12.2. The van der Waals surface area contributed by atoms with Crippen molar-refractivity contribution in [3.05, 3.63) is 64.1 Å². The first-order chi connectivity index (χ1) is 14.1. The van der Waals surface area contributed by atoms with Crippen molar-refractivity contribution in [2.24, 2.45) is 0 Å². The Hall–Kier alpha value is -2.77. The van der Waals surface area contributed by atoms with Crippen molar-refractivity contribution in [1.82, 2.24) is 10.3 Å². The normalized spacial score (nSPS) is 10.4. The second kappa shape index (κ2) is 10.1. The smallest absolute Gasteiger partial charge is 0.226 e. The summed E-state index contributed by atoms with van der Waals surface area (Å²) < 4.78 is 10.5. The molecule has 0 saturated heterocycles. The number of carbonyl (C=O) groups is 1. The van der Waals surface area contributed by atoms with E-state index in [4.69, 9.17) is 21.1 Å². The molecule has 2 aromatic carbocycles. The van der Waals surface area contributed by atoms with Crippen LogP contribution in [0.2, 0.25) is 5.02 Å². The summed E-state index contributed by atoms with van der Waals surface area (Å²) in [6, 6.07) is 13.1. The molecule has 0 aliphatic carbocycles. The maximum Gasteiger partial charge on any atom is 0.226 e. The van der Waals surface area contributed by atoms with E-state index >= 15 is 0 Å². The topological polar surface area (TPSA) is 72.5 Å². The summed E-state index contributed by atoms with van der Waals surface area (Å²) in [6.45, 7) is 0.534. The van der Waals surface area contributed by atoms with Crippen molar-refractivity contribution in [3.8, 4) is 11.5 Å². The monoisotopic (exact) mass is 431 g/mol. The molecule has 0 aliphatic rings. The Morgan fingerprint density at radius 3 is 2.72 bits per heavy atom. The standard InChI is InChI=1S/C21H22ClN3O3S/c1-27-18-7-6-14(10-19(18)28-2)8-9-23-20(26)12-17-13-29-21(25-17)24-16-5-3-4-15(22)11-16/h3-7,10-11,13H,8-9,12H2,1-2H3,(H,23,26)(H,24,25). The minimum atomic E-state index is -0.0647. The van der Waals surface area contributed by atoms with Crippen molar-refractivity contribution in [1.29, 1.82) is 0 Å². The third-order valence-electron chi connectivity index (χ3n) is 4.15. The van der Waals surface area contributed by atoms with Gasteiger partial charge in [-0.15, -0.1) is 11.3 Å². The van der Waals surface area contributed by atoms with Crippen molar-refractivity contribution in [3.63, 3.8) is 0 Å². The van der Waals surface area contributed by atoms with Crippen LogP contribution in [0.25, 0.3) is 0 Å². The Morgan fingerprint density at radius 1 is 1.14 bits per heavy atom. The molecule has 3 aromatic rings. The molecule has 1 aromatic heterocycles. The van der Waals surface area contributed by atoms with Crippen LogP contribution in [0.1, 0.15) is 11.3 Å². The summed E-state index contributed by atoms with van der Waals surface area (Å²) in [5, 5.41) is 9.37. The van der Waals surface area contributed by atoms with Crippen LogP contribution >= 0.6 is 22.9 Å². The fraction of sp³-hybridized carbons (Fsp3) is 0.238. The van der Waals surface area contributed by atoms with Crippen LogP contribution in [-0.4, -0.2) is 31.7 Å². The van der Waals surface area contributed by atoms with E-state index in [0.717, 1.165) is 22.1 Å². The zero-order chi connectivity index (χ0) is 20.6. The number of amides is 1. The van der Waals surface area contributed by atoms with Crippen molar-refractivity contribution in [2.45, 2.75) is 12.8 Å². The maximum absolute atomic E-state index is 12.2. The number of thiazole rings is 1. The number of hydrogen-bond donors (Lipinski definition) is 2. The lowest BCUT2D eigenvalue weighted by Crippen LogP contribution is -2.27. The molecule has 3 rings (SSSR count).